The molecule has 2 fully saturated rings. The van der Waals surface area contributed by atoms with E-state index in [1.54, 1.807) is 0 Å². The van der Waals surface area contributed by atoms with Crippen molar-refractivity contribution in [2.45, 2.75) is 56.7 Å². The van der Waals surface area contributed by atoms with Crippen molar-refractivity contribution in [1.82, 2.24) is 10.6 Å². The van der Waals surface area contributed by atoms with Crippen molar-refractivity contribution in [1.29, 1.82) is 0 Å². The van der Waals surface area contributed by atoms with Gasteiger partial charge in [-0.15, -0.1) is 0 Å². The van der Waals surface area contributed by atoms with Crippen LogP contribution in [0.15, 0.2) is 54.6 Å². The van der Waals surface area contributed by atoms with Crippen LogP contribution in [0.1, 0.15) is 38.5 Å². The topological polar surface area (TPSA) is 56.4 Å². The first kappa shape index (κ1) is 21.0. The Kier molecular flexibility index (Phi) is 7.13. The molecule has 3 N–H and O–H groups in total. The summed E-state index contributed by atoms with van der Waals surface area (Å²) in [6.45, 7) is 2.06. The minimum absolute atomic E-state index is 0.119. The molecule has 2 aromatic carbocycles. The highest BCUT2D eigenvalue weighted by molar-refractivity contribution is 6.30. The van der Waals surface area contributed by atoms with Crippen LogP contribution in [0.2, 0.25) is 5.02 Å². The van der Waals surface area contributed by atoms with Gasteiger partial charge >= 0.3 is 6.03 Å². The molecule has 1 saturated heterocycles. The number of amides is 2. The normalized spacial score (nSPS) is 24.3. The van der Waals surface area contributed by atoms with Crippen LogP contribution in [-0.4, -0.2) is 37.2 Å². The number of hydrogen-bond acceptors (Lipinski definition) is 3. The molecular weight excluding hydrogens is 396 g/mol. The first-order chi connectivity index (χ1) is 14.7. The lowest BCUT2D eigenvalue weighted by Gasteiger charge is -2.40. The van der Waals surface area contributed by atoms with Gasteiger partial charge in [-0.2, -0.15) is 0 Å². The minimum Gasteiger partial charge on any atom is -0.370 e. The number of para-hydroxylation sites is 1. The highest BCUT2D eigenvalue weighted by Crippen LogP contribution is 2.24. The van der Waals surface area contributed by atoms with Crippen molar-refractivity contribution in [3.63, 3.8) is 0 Å². The van der Waals surface area contributed by atoms with Gasteiger partial charge in [0.05, 0.1) is 0 Å². The van der Waals surface area contributed by atoms with E-state index in [2.05, 4.69) is 33.0 Å². The highest BCUT2D eigenvalue weighted by Gasteiger charge is 2.30. The summed E-state index contributed by atoms with van der Waals surface area (Å²) in [6.07, 6.45) is 6.84. The van der Waals surface area contributed by atoms with Crippen molar-refractivity contribution >= 4 is 29.0 Å². The molecule has 0 aromatic heterocycles. The van der Waals surface area contributed by atoms with Gasteiger partial charge in [-0.1, -0.05) is 42.6 Å². The second-order valence-corrected chi connectivity index (χ2v) is 8.83. The Morgan fingerprint density at radius 1 is 0.900 bits per heavy atom. The Hall–Kier alpha value is -2.24. The summed E-state index contributed by atoms with van der Waals surface area (Å²) in [5.74, 6) is 0. The lowest BCUT2D eigenvalue weighted by Crippen LogP contribution is -2.57. The van der Waals surface area contributed by atoms with Crippen molar-refractivity contribution in [2.75, 3.05) is 23.3 Å². The maximum atomic E-state index is 12.5. The number of hydrogen-bond donors (Lipinski definition) is 3. The van der Waals surface area contributed by atoms with Gasteiger partial charge in [-0.3, -0.25) is 0 Å². The first-order valence-electron chi connectivity index (χ1n) is 11.1. The van der Waals surface area contributed by atoms with Gasteiger partial charge in [-0.25, -0.2) is 4.79 Å². The molecule has 1 saturated carbocycles. The summed E-state index contributed by atoms with van der Waals surface area (Å²) < 4.78 is 0. The standard InChI is InChI=1S/C24H31ClN4O/c25-18-12-14-21(15-13-18)29-16-6-9-20(17-29)26-22-10-4-5-11-23(22)28-24(30)27-19-7-2-1-3-8-19/h1-3,7-8,12-15,20,22-23,26H,4-6,9-11,16-17H2,(H2,27,28,30). The second kappa shape index (κ2) is 10.2. The molecule has 1 aliphatic carbocycles. The van der Waals surface area contributed by atoms with Crippen LogP contribution in [0.3, 0.4) is 0 Å². The Morgan fingerprint density at radius 2 is 1.63 bits per heavy atom. The van der Waals surface area contributed by atoms with Crippen LogP contribution in [-0.2, 0) is 0 Å². The molecule has 30 heavy (non-hydrogen) atoms. The molecule has 2 aromatic rings. The fourth-order valence-corrected chi connectivity index (χ4v) is 4.79. The number of carbonyl (C=O) groups excluding carboxylic acids is 1. The summed E-state index contributed by atoms with van der Waals surface area (Å²) in [4.78, 5) is 14.9. The molecule has 3 unspecified atom stereocenters. The molecule has 2 amide bonds. The number of rotatable bonds is 5. The summed E-state index contributed by atoms with van der Waals surface area (Å²) in [5, 5.41) is 10.8. The predicted molar refractivity (Wildman–Crippen MR) is 124 cm³/mol. The Morgan fingerprint density at radius 3 is 2.40 bits per heavy atom. The van der Waals surface area contributed by atoms with E-state index in [1.165, 1.54) is 24.9 Å². The maximum absolute atomic E-state index is 12.5. The number of carbonyl (C=O) groups is 1. The lowest BCUT2D eigenvalue weighted by atomic mass is 9.89. The van der Waals surface area contributed by atoms with Crippen molar-refractivity contribution in [2.24, 2.45) is 0 Å². The summed E-state index contributed by atoms with van der Waals surface area (Å²) in [5.41, 5.74) is 2.05. The van der Waals surface area contributed by atoms with Crippen LogP contribution in [0.4, 0.5) is 16.2 Å². The van der Waals surface area contributed by atoms with E-state index in [0.717, 1.165) is 43.1 Å². The van der Waals surface area contributed by atoms with Gasteiger partial charge in [0.15, 0.2) is 0 Å². The smallest absolute Gasteiger partial charge is 0.319 e. The average Bonchev–Trinajstić information content (AvgIpc) is 2.76. The SMILES string of the molecule is O=C(Nc1ccccc1)NC1CCCCC1NC1CCCN(c2ccc(Cl)cc2)C1. The molecule has 4 rings (SSSR count). The molecule has 3 atom stereocenters. The van der Waals surface area contributed by atoms with E-state index in [1.807, 2.05) is 42.5 Å². The van der Waals surface area contributed by atoms with Crippen molar-refractivity contribution < 1.29 is 4.79 Å². The van der Waals surface area contributed by atoms with Gasteiger partial charge in [0, 0.05) is 47.6 Å². The zero-order chi connectivity index (χ0) is 20.8. The van der Waals surface area contributed by atoms with Gasteiger partial charge < -0.3 is 20.9 Å². The number of nitrogens with one attached hydrogen (secondary N) is 3. The van der Waals surface area contributed by atoms with Gasteiger partial charge in [0.25, 0.3) is 0 Å². The van der Waals surface area contributed by atoms with Gasteiger partial charge in [-0.05, 0) is 62.1 Å². The Bertz CT molecular complexity index is 814. The molecule has 0 radical (unpaired) electrons. The average molecular weight is 427 g/mol. The molecule has 0 spiro atoms. The fourth-order valence-electron chi connectivity index (χ4n) is 4.66. The van der Waals surface area contributed by atoms with Crippen LogP contribution in [0, 0.1) is 0 Å². The molecule has 1 aliphatic heterocycles. The van der Waals surface area contributed by atoms with Crippen LogP contribution in [0.5, 0.6) is 0 Å². The van der Waals surface area contributed by atoms with Crippen LogP contribution < -0.4 is 20.9 Å². The zero-order valence-corrected chi connectivity index (χ0v) is 18.1. The second-order valence-electron chi connectivity index (χ2n) is 8.39. The number of benzene rings is 2. The molecule has 6 heteroatoms. The first-order valence-corrected chi connectivity index (χ1v) is 11.4. The third-order valence-corrected chi connectivity index (χ3v) is 6.43. The largest absolute Gasteiger partial charge is 0.370 e. The third kappa shape index (κ3) is 5.67. The maximum Gasteiger partial charge on any atom is 0.319 e. The Balaban J connectivity index is 1.33. The van der Waals surface area contributed by atoms with E-state index < -0.39 is 0 Å². The van der Waals surface area contributed by atoms with E-state index in [9.17, 15) is 4.79 Å². The van der Waals surface area contributed by atoms with Gasteiger partial charge in [0.2, 0.25) is 0 Å². The zero-order valence-electron chi connectivity index (χ0n) is 17.3. The number of urea groups is 1. The number of nitrogens with zero attached hydrogens (tertiary/aromatic N) is 1. The summed E-state index contributed by atoms with van der Waals surface area (Å²) >= 11 is 6.05. The number of halogens is 1. The Labute approximate surface area is 184 Å². The molecule has 0 bridgehead atoms. The van der Waals surface area contributed by atoms with Crippen molar-refractivity contribution in [3.05, 3.63) is 59.6 Å². The van der Waals surface area contributed by atoms with E-state index in [0.29, 0.717) is 12.1 Å². The molecule has 5 nitrogen and oxygen atoms in total. The monoisotopic (exact) mass is 426 g/mol. The molecule has 160 valence electrons. The van der Waals surface area contributed by atoms with Crippen LogP contribution in [0.25, 0.3) is 0 Å². The minimum atomic E-state index is -0.119. The molecular formula is C24H31ClN4O. The highest BCUT2D eigenvalue weighted by atomic mass is 35.5. The summed E-state index contributed by atoms with van der Waals surface area (Å²) in [6, 6.07) is 18.5. The summed E-state index contributed by atoms with van der Waals surface area (Å²) in [7, 11) is 0. The number of piperidine rings is 1. The fraction of sp³-hybridized carbons (Fsp3) is 0.458. The molecule has 2 aliphatic rings. The lowest BCUT2D eigenvalue weighted by molar-refractivity contribution is 0.226. The van der Waals surface area contributed by atoms with Crippen LogP contribution >= 0.6 is 11.6 Å². The number of anilines is 2. The van der Waals surface area contributed by atoms with E-state index in [4.69, 9.17) is 11.6 Å². The van der Waals surface area contributed by atoms with E-state index in [-0.39, 0.29) is 12.1 Å². The van der Waals surface area contributed by atoms with Gasteiger partial charge in [0.1, 0.15) is 0 Å². The quantitative estimate of drug-likeness (QED) is 0.628. The predicted octanol–water partition coefficient (Wildman–Crippen LogP) is 5.03. The van der Waals surface area contributed by atoms with Crippen molar-refractivity contribution in [3.8, 4) is 0 Å². The third-order valence-electron chi connectivity index (χ3n) is 6.18. The van der Waals surface area contributed by atoms with E-state index >= 15 is 0 Å². The molecule has 1 heterocycles.